The average Bonchev–Trinajstić information content (AvgIpc) is 2.86. The van der Waals surface area contributed by atoms with Crippen molar-refractivity contribution in [2.75, 3.05) is 0 Å². The zero-order valence-electron chi connectivity index (χ0n) is 13.4. The molecule has 0 spiro atoms. The Morgan fingerprint density at radius 2 is 2.05 bits per heavy atom. The van der Waals surface area contributed by atoms with E-state index in [0.29, 0.717) is 16.4 Å². The molecular weight excluding hydrogens is 375 g/mol. The predicted molar refractivity (Wildman–Crippen MR) is 93.9 cm³/mol. The summed E-state index contributed by atoms with van der Waals surface area (Å²) in [6.07, 6.45) is 2.34. The van der Waals surface area contributed by atoms with E-state index in [1.165, 1.54) is 11.1 Å². The second-order valence-electron chi connectivity index (χ2n) is 7.13. The average molecular weight is 400 g/mol. The van der Waals surface area contributed by atoms with Gasteiger partial charge in [0, 0.05) is 10.3 Å². The lowest BCUT2D eigenvalue weighted by atomic mass is 9.75. The van der Waals surface area contributed by atoms with Gasteiger partial charge in [0.25, 0.3) is 0 Å². The van der Waals surface area contributed by atoms with Gasteiger partial charge in [-0.25, -0.2) is 0 Å². The maximum absolute atomic E-state index is 6.52. The molecule has 4 atom stereocenters. The standard InChI is InChI=1S/C18H25IO2/c1-12(2)18-10-16(17(4,21-18)9-15(18)19)20-11-14-8-6-5-7-13(14)3/h5-8,12,15-16H,9-11H2,1-4H3/t15-,16+,17-,18+/m0/s1. The van der Waals surface area contributed by atoms with Crippen LogP contribution in [0.15, 0.2) is 24.3 Å². The fraction of sp³-hybridized carbons (Fsp3) is 0.667. The van der Waals surface area contributed by atoms with Crippen LogP contribution in [0.2, 0.25) is 0 Å². The number of aryl methyl sites for hydroxylation is 1. The molecule has 0 saturated carbocycles. The summed E-state index contributed by atoms with van der Waals surface area (Å²) in [5.41, 5.74) is 2.48. The van der Waals surface area contributed by atoms with Crippen LogP contribution in [-0.4, -0.2) is 21.2 Å². The third-order valence-electron chi connectivity index (χ3n) is 5.40. The van der Waals surface area contributed by atoms with Crippen molar-refractivity contribution in [1.29, 1.82) is 0 Å². The summed E-state index contributed by atoms with van der Waals surface area (Å²) in [7, 11) is 0. The number of hydrogen-bond donors (Lipinski definition) is 0. The Kier molecular flexibility index (Phi) is 4.13. The van der Waals surface area contributed by atoms with Crippen LogP contribution in [0.4, 0.5) is 0 Å². The third-order valence-corrected chi connectivity index (χ3v) is 6.90. The van der Waals surface area contributed by atoms with Gasteiger partial charge in [-0.3, -0.25) is 0 Å². The molecule has 2 fully saturated rings. The molecule has 2 nitrogen and oxygen atoms in total. The summed E-state index contributed by atoms with van der Waals surface area (Å²) in [6.45, 7) is 9.63. The van der Waals surface area contributed by atoms with Gasteiger partial charge in [-0.2, -0.15) is 0 Å². The molecular formula is C18H25IO2. The number of fused-ring (bicyclic) bond motifs is 2. The Hall–Kier alpha value is -0.130. The van der Waals surface area contributed by atoms with Crippen molar-refractivity contribution < 1.29 is 9.47 Å². The van der Waals surface area contributed by atoms with Crippen LogP contribution < -0.4 is 0 Å². The molecule has 0 aromatic heterocycles. The lowest BCUT2D eigenvalue weighted by Crippen LogP contribution is -2.44. The Morgan fingerprint density at radius 1 is 1.33 bits per heavy atom. The lowest BCUT2D eigenvalue weighted by Gasteiger charge is -2.35. The van der Waals surface area contributed by atoms with Gasteiger partial charge in [0.15, 0.2) is 0 Å². The van der Waals surface area contributed by atoms with E-state index >= 15 is 0 Å². The number of rotatable bonds is 4. The second kappa shape index (κ2) is 5.50. The number of halogens is 1. The molecule has 2 aliphatic rings. The molecule has 21 heavy (non-hydrogen) atoms. The van der Waals surface area contributed by atoms with E-state index in [4.69, 9.17) is 9.47 Å². The van der Waals surface area contributed by atoms with Gasteiger partial charge in [0.05, 0.1) is 23.9 Å². The zero-order valence-corrected chi connectivity index (χ0v) is 15.5. The number of hydrogen-bond acceptors (Lipinski definition) is 2. The molecule has 2 heterocycles. The van der Waals surface area contributed by atoms with E-state index in [9.17, 15) is 0 Å². The first-order chi connectivity index (χ1) is 9.87. The van der Waals surface area contributed by atoms with E-state index in [1.807, 2.05) is 0 Å². The van der Waals surface area contributed by atoms with Crippen LogP contribution in [0.1, 0.15) is 44.7 Å². The fourth-order valence-corrected chi connectivity index (χ4v) is 5.83. The molecule has 0 unspecified atom stereocenters. The molecule has 3 heteroatoms. The van der Waals surface area contributed by atoms with Crippen molar-refractivity contribution in [2.24, 2.45) is 5.92 Å². The van der Waals surface area contributed by atoms with Gasteiger partial charge in [-0.05, 0) is 37.3 Å². The van der Waals surface area contributed by atoms with E-state index in [0.717, 1.165) is 12.8 Å². The van der Waals surface area contributed by atoms with Gasteiger partial charge in [-0.15, -0.1) is 0 Å². The third kappa shape index (κ3) is 2.55. The molecule has 2 bridgehead atoms. The Morgan fingerprint density at radius 3 is 2.67 bits per heavy atom. The molecule has 0 amide bonds. The quantitative estimate of drug-likeness (QED) is 0.541. The molecule has 0 aliphatic carbocycles. The smallest absolute Gasteiger partial charge is 0.0935 e. The van der Waals surface area contributed by atoms with Crippen molar-refractivity contribution in [1.82, 2.24) is 0 Å². The minimum absolute atomic E-state index is 0.00566. The van der Waals surface area contributed by atoms with Crippen LogP contribution in [0.5, 0.6) is 0 Å². The van der Waals surface area contributed by atoms with Gasteiger partial charge < -0.3 is 9.47 Å². The summed E-state index contributed by atoms with van der Waals surface area (Å²) in [6, 6.07) is 8.47. The minimum Gasteiger partial charge on any atom is -0.370 e. The van der Waals surface area contributed by atoms with Crippen molar-refractivity contribution in [3.63, 3.8) is 0 Å². The summed E-state index contributed by atoms with van der Waals surface area (Å²) >= 11 is 2.58. The summed E-state index contributed by atoms with van der Waals surface area (Å²) < 4.78 is 13.4. The van der Waals surface area contributed by atoms with Crippen LogP contribution >= 0.6 is 22.6 Å². The SMILES string of the molecule is Cc1ccccc1CO[C@@H]1C[C@]2(C(C)C)O[C@@]1(C)C[C@@H]2I. The van der Waals surface area contributed by atoms with Crippen molar-refractivity contribution in [3.8, 4) is 0 Å². The van der Waals surface area contributed by atoms with E-state index in [-0.39, 0.29) is 17.3 Å². The monoisotopic (exact) mass is 400 g/mol. The lowest BCUT2D eigenvalue weighted by molar-refractivity contribution is -0.0954. The van der Waals surface area contributed by atoms with E-state index in [2.05, 4.69) is 74.6 Å². The molecule has 0 N–H and O–H groups in total. The summed E-state index contributed by atoms with van der Waals surface area (Å²) in [4.78, 5) is 0. The summed E-state index contributed by atoms with van der Waals surface area (Å²) in [5.74, 6) is 0.535. The second-order valence-corrected chi connectivity index (χ2v) is 8.63. The molecule has 2 saturated heterocycles. The highest BCUT2D eigenvalue weighted by Gasteiger charge is 2.65. The van der Waals surface area contributed by atoms with Gasteiger partial charge in [0.1, 0.15) is 0 Å². The topological polar surface area (TPSA) is 18.5 Å². The van der Waals surface area contributed by atoms with Gasteiger partial charge in [-0.1, -0.05) is 60.7 Å². The molecule has 3 rings (SSSR count). The van der Waals surface area contributed by atoms with Crippen LogP contribution in [0, 0.1) is 12.8 Å². The van der Waals surface area contributed by atoms with Crippen LogP contribution in [-0.2, 0) is 16.1 Å². The highest BCUT2D eigenvalue weighted by Crippen LogP contribution is 2.57. The van der Waals surface area contributed by atoms with E-state index in [1.54, 1.807) is 0 Å². The molecule has 0 radical (unpaired) electrons. The largest absolute Gasteiger partial charge is 0.370 e. The first kappa shape index (κ1) is 15.8. The highest BCUT2D eigenvalue weighted by molar-refractivity contribution is 14.1. The fourth-order valence-electron chi connectivity index (χ4n) is 3.85. The molecule has 2 aliphatic heterocycles. The van der Waals surface area contributed by atoms with Gasteiger partial charge >= 0.3 is 0 Å². The Bertz CT molecular complexity index is 530. The first-order valence-electron chi connectivity index (χ1n) is 7.88. The van der Waals surface area contributed by atoms with Crippen molar-refractivity contribution in [2.45, 2.75) is 68.4 Å². The minimum atomic E-state index is -0.112. The van der Waals surface area contributed by atoms with Crippen molar-refractivity contribution in [3.05, 3.63) is 35.4 Å². The highest BCUT2D eigenvalue weighted by atomic mass is 127. The zero-order chi connectivity index (χ0) is 15.3. The Balaban J connectivity index is 1.73. The predicted octanol–water partition coefficient (Wildman–Crippen LogP) is 4.66. The summed E-state index contributed by atoms with van der Waals surface area (Å²) in [5, 5.41) is 0. The van der Waals surface area contributed by atoms with Crippen LogP contribution in [0.3, 0.4) is 0 Å². The van der Waals surface area contributed by atoms with Crippen LogP contribution in [0.25, 0.3) is 0 Å². The normalized spacial score (nSPS) is 38.4. The number of alkyl halides is 1. The maximum Gasteiger partial charge on any atom is 0.0935 e. The molecule has 116 valence electrons. The number of ether oxygens (including phenoxy) is 2. The molecule has 1 aromatic rings. The maximum atomic E-state index is 6.52. The number of benzene rings is 1. The van der Waals surface area contributed by atoms with Gasteiger partial charge in [0.2, 0.25) is 0 Å². The van der Waals surface area contributed by atoms with E-state index < -0.39 is 0 Å². The van der Waals surface area contributed by atoms with Crippen molar-refractivity contribution >= 4 is 22.6 Å². The molecule has 1 aromatic carbocycles. The first-order valence-corrected chi connectivity index (χ1v) is 9.12. The Labute approximate surface area is 141 Å².